The van der Waals surface area contributed by atoms with Crippen LogP contribution in [0.25, 0.3) is 0 Å². The Kier molecular flexibility index (Phi) is 4.45. The number of hydrogen-bond acceptors (Lipinski definition) is 3. The fourth-order valence-electron chi connectivity index (χ4n) is 4.58. The summed E-state index contributed by atoms with van der Waals surface area (Å²) in [6.45, 7) is 6.13. The lowest BCUT2D eigenvalue weighted by atomic mass is 10.0. The molecule has 3 fully saturated rings. The minimum absolute atomic E-state index is 0.766. The molecule has 1 N–H and O–H groups in total. The second-order valence-electron chi connectivity index (χ2n) is 6.89. The Bertz CT molecular complexity index is 294. The van der Waals surface area contributed by atoms with Crippen molar-refractivity contribution in [3.8, 4) is 0 Å². The van der Waals surface area contributed by atoms with Crippen molar-refractivity contribution >= 4 is 0 Å². The van der Waals surface area contributed by atoms with Crippen molar-refractivity contribution in [1.29, 1.82) is 0 Å². The summed E-state index contributed by atoms with van der Waals surface area (Å²) < 4.78 is 0. The highest BCUT2D eigenvalue weighted by atomic mass is 15.3. The molecule has 0 aromatic carbocycles. The highest BCUT2D eigenvalue weighted by Gasteiger charge is 2.39. The number of likely N-dealkylation sites (tertiary alicyclic amines) is 1. The largest absolute Gasteiger partial charge is 0.312 e. The van der Waals surface area contributed by atoms with E-state index in [2.05, 4.69) is 29.1 Å². The molecule has 0 aromatic heterocycles. The topological polar surface area (TPSA) is 18.5 Å². The predicted octanol–water partition coefficient (Wildman–Crippen LogP) is 2.08. The van der Waals surface area contributed by atoms with E-state index in [1.165, 1.54) is 64.6 Å². The number of fused-ring (bicyclic) bond motifs is 2. The Balaban J connectivity index is 1.61. The quantitative estimate of drug-likeness (QED) is 0.839. The van der Waals surface area contributed by atoms with Crippen molar-refractivity contribution in [2.45, 2.75) is 76.0 Å². The molecule has 19 heavy (non-hydrogen) atoms. The van der Waals surface area contributed by atoms with Crippen LogP contribution >= 0.6 is 0 Å². The molecular weight excluding hydrogens is 234 g/mol. The van der Waals surface area contributed by atoms with Crippen LogP contribution < -0.4 is 5.32 Å². The van der Waals surface area contributed by atoms with Crippen LogP contribution in [-0.4, -0.2) is 60.6 Å². The fourth-order valence-corrected chi connectivity index (χ4v) is 4.58. The molecule has 3 rings (SSSR count). The first kappa shape index (κ1) is 13.8. The fraction of sp³-hybridized carbons (Fsp3) is 1.00. The van der Waals surface area contributed by atoms with Gasteiger partial charge < -0.3 is 5.32 Å². The number of rotatable bonds is 4. The number of nitrogens with zero attached hydrogens (tertiary/aromatic N) is 2. The highest BCUT2D eigenvalue weighted by Crippen LogP contribution is 2.32. The van der Waals surface area contributed by atoms with Gasteiger partial charge in [-0.2, -0.15) is 0 Å². The summed E-state index contributed by atoms with van der Waals surface area (Å²) in [6.07, 6.45) is 9.76. The monoisotopic (exact) mass is 265 g/mol. The zero-order valence-corrected chi connectivity index (χ0v) is 12.8. The van der Waals surface area contributed by atoms with Gasteiger partial charge in [-0.05, 0) is 52.1 Å². The average molecular weight is 265 g/mol. The Morgan fingerprint density at radius 1 is 1.05 bits per heavy atom. The Morgan fingerprint density at radius 2 is 1.89 bits per heavy atom. The van der Waals surface area contributed by atoms with Gasteiger partial charge in [-0.1, -0.05) is 13.3 Å². The average Bonchev–Trinajstić information content (AvgIpc) is 2.93. The molecule has 0 aromatic rings. The van der Waals surface area contributed by atoms with Gasteiger partial charge in [0.2, 0.25) is 0 Å². The van der Waals surface area contributed by atoms with Crippen LogP contribution in [0.1, 0.15) is 51.9 Å². The molecule has 1 saturated carbocycles. The highest BCUT2D eigenvalue weighted by molar-refractivity contribution is 4.97. The summed E-state index contributed by atoms with van der Waals surface area (Å²) in [7, 11) is 2.35. The molecular formula is C16H31N3. The van der Waals surface area contributed by atoms with Gasteiger partial charge in [-0.15, -0.1) is 0 Å². The van der Waals surface area contributed by atoms with E-state index < -0.39 is 0 Å². The molecule has 0 spiro atoms. The molecule has 2 saturated heterocycles. The smallest absolute Gasteiger partial charge is 0.0250 e. The van der Waals surface area contributed by atoms with Crippen LogP contribution in [-0.2, 0) is 0 Å². The summed E-state index contributed by atoms with van der Waals surface area (Å²) in [4.78, 5) is 5.50. The molecule has 4 unspecified atom stereocenters. The standard InChI is InChI=1S/C16H31N3/c1-3-10-17-15-5-4-6-16(15)19-11-9-13-7-8-14(12-19)18(13)2/h13-17H,3-12H2,1-2H3. The van der Waals surface area contributed by atoms with Crippen LogP contribution in [0.3, 0.4) is 0 Å². The SMILES string of the molecule is CCCNC1CCCC1N1CCC2CCC(C1)N2C. The molecule has 3 nitrogen and oxygen atoms in total. The van der Waals surface area contributed by atoms with E-state index in [0.29, 0.717) is 0 Å². The van der Waals surface area contributed by atoms with E-state index in [1.54, 1.807) is 0 Å². The molecule has 2 heterocycles. The maximum absolute atomic E-state index is 3.80. The van der Waals surface area contributed by atoms with Gasteiger partial charge in [0.1, 0.15) is 0 Å². The van der Waals surface area contributed by atoms with Gasteiger partial charge in [-0.3, -0.25) is 9.80 Å². The first-order valence-electron chi connectivity index (χ1n) is 8.49. The van der Waals surface area contributed by atoms with Crippen molar-refractivity contribution in [3.05, 3.63) is 0 Å². The van der Waals surface area contributed by atoms with E-state index >= 15 is 0 Å². The molecule has 110 valence electrons. The number of likely N-dealkylation sites (N-methyl/N-ethyl adjacent to an activating group) is 1. The second kappa shape index (κ2) is 6.11. The van der Waals surface area contributed by atoms with E-state index in [4.69, 9.17) is 0 Å². The van der Waals surface area contributed by atoms with E-state index in [0.717, 1.165) is 24.2 Å². The maximum Gasteiger partial charge on any atom is 0.0250 e. The lowest BCUT2D eigenvalue weighted by Crippen LogP contribution is -2.49. The minimum Gasteiger partial charge on any atom is -0.312 e. The van der Waals surface area contributed by atoms with Crippen LogP contribution in [0.2, 0.25) is 0 Å². The zero-order valence-electron chi connectivity index (χ0n) is 12.8. The lowest BCUT2D eigenvalue weighted by molar-refractivity contribution is 0.153. The second-order valence-corrected chi connectivity index (χ2v) is 6.89. The van der Waals surface area contributed by atoms with Crippen LogP contribution in [0.5, 0.6) is 0 Å². The van der Waals surface area contributed by atoms with Gasteiger partial charge >= 0.3 is 0 Å². The van der Waals surface area contributed by atoms with Crippen LogP contribution in [0.4, 0.5) is 0 Å². The van der Waals surface area contributed by atoms with Gasteiger partial charge in [0.15, 0.2) is 0 Å². The van der Waals surface area contributed by atoms with Crippen molar-refractivity contribution in [3.63, 3.8) is 0 Å². The van der Waals surface area contributed by atoms with E-state index in [-0.39, 0.29) is 0 Å². The van der Waals surface area contributed by atoms with Gasteiger partial charge in [0.25, 0.3) is 0 Å². The normalized spacial score (nSPS) is 40.7. The molecule has 0 radical (unpaired) electrons. The molecule has 4 atom stereocenters. The third kappa shape index (κ3) is 2.84. The van der Waals surface area contributed by atoms with Crippen LogP contribution in [0, 0.1) is 0 Å². The number of nitrogens with one attached hydrogen (secondary N) is 1. The molecule has 1 aliphatic carbocycles. The first-order chi connectivity index (χ1) is 9.29. The Morgan fingerprint density at radius 3 is 2.74 bits per heavy atom. The maximum atomic E-state index is 3.80. The third-order valence-electron chi connectivity index (χ3n) is 5.78. The van der Waals surface area contributed by atoms with Crippen molar-refractivity contribution in [2.75, 3.05) is 26.7 Å². The van der Waals surface area contributed by atoms with Crippen molar-refractivity contribution < 1.29 is 0 Å². The van der Waals surface area contributed by atoms with Gasteiger partial charge in [0.05, 0.1) is 0 Å². The predicted molar refractivity (Wildman–Crippen MR) is 80.5 cm³/mol. The summed E-state index contributed by atoms with van der Waals surface area (Å²) in [5.41, 5.74) is 0. The van der Waals surface area contributed by atoms with Crippen molar-refractivity contribution in [2.24, 2.45) is 0 Å². The molecule has 3 heteroatoms. The van der Waals surface area contributed by atoms with Crippen molar-refractivity contribution in [1.82, 2.24) is 15.1 Å². The minimum atomic E-state index is 0.766. The first-order valence-corrected chi connectivity index (χ1v) is 8.49. The Hall–Kier alpha value is -0.120. The summed E-state index contributed by atoms with van der Waals surface area (Å²) in [5, 5.41) is 3.80. The molecule has 0 amide bonds. The summed E-state index contributed by atoms with van der Waals surface area (Å²) in [5.74, 6) is 0. The number of hydrogen-bond donors (Lipinski definition) is 1. The molecule has 2 bridgehead atoms. The van der Waals surface area contributed by atoms with E-state index in [9.17, 15) is 0 Å². The molecule has 2 aliphatic heterocycles. The van der Waals surface area contributed by atoms with E-state index in [1.807, 2.05) is 0 Å². The molecule has 3 aliphatic rings. The lowest BCUT2D eigenvalue weighted by Gasteiger charge is -2.35. The summed E-state index contributed by atoms with van der Waals surface area (Å²) >= 11 is 0. The summed E-state index contributed by atoms with van der Waals surface area (Å²) in [6, 6.07) is 3.29. The van der Waals surface area contributed by atoms with Gasteiger partial charge in [0, 0.05) is 37.3 Å². The van der Waals surface area contributed by atoms with Gasteiger partial charge in [-0.25, -0.2) is 0 Å². The zero-order chi connectivity index (χ0) is 13.2. The van der Waals surface area contributed by atoms with Crippen LogP contribution in [0.15, 0.2) is 0 Å². The third-order valence-corrected chi connectivity index (χ3v) is 5.78. The Labute approximate surface area is 118 Å².